The molecule has 0 spiro atoms. The van der Waals surface area contributed by atoms with Crippen LogP contribution in [0, 0.1) is 11.7 Å². The number of nitrogens with zero attached hydrogens (tertiary/aromatic N) is 1. The van der Waals surface area contributed by atoms with E-state index in [1.807, 2.05) is 0 Å². The third kappa shape index (κ3) is 2.77. The molecule has 152 valence electrons. The lowest BCUT2D eigenvalue weighted by atomic mass is 9.92. The topological polar surface area (TPSA) is 80.8 Å². The summed E-state index contributed by atoms with van der Waals surface area (Å²) in [6, 6.07) is 9.75. The zero-order valence-corrected chi connectivity index (χ0v) is 17.0. The summed E-state index contributed by atoms with van der Waals surface area (Å²) in [6.07, 6.45) is -0.474. The summed E-state index contributed by atoms with van der Waals surface area (Å²) < 4.78 is 46.1. The third-order valence-electron chi connectivity index (χ3n) is 5.60. The predicted molar refractivity (Wildman–Crippen MR) is 103 cm³/mol. The highest BCUT2D eigenvalue weighted by atomic mass is 35.5. The number of methoxy groups -OCH3 is 1. The number of carbonyl (C=O) groups is 2. The molecule has 0 aliphatic carbocycles. The molecule has 0 aromatic heterocycles. The van der Waals surface area contributed by atoms with Crippen molar-refractivity contribution in [2.75, 3.05) is 13.7 Å². The normalized spacial score (nSPS) is 23.7. The standard InChI is InChI=1S/C20H17ClFNO5S/c1-28-17-4-2-3-16(22)15(17)9-12-11-23-18(24)10-20(23,19(12)25)29(26,27)14-7-5-13(21)6-8-14/h2-8,12H,9-11H2,1H3. The van der Waals surface area contributed by atoms with Crippen molar-refractivity contribution in [3.8, 4) is 5.75 Å². The first-order chi connectivity index (χ1) is 13.7. The number of hydrogen-bond acceptors (Lipinski definition) is 5. The van der Waals surface area contributed by atoms with Gasteiger partial charge in [0.1, 0.15) is 11.6 Å². The molecule has 2 unspecified atom stereocenters. The smallest absolute Gasteiger partial charge is 0.228 e. The Balaban J connectivity index is 1.73. The van der Waals surface area contributed by atoms with E-state index in [2.05, 4.69) is 0 Å². The molecule has 2 heterocycles. The number of sulfone groups is 1. The van der Waals surface area contributed by atoms with Crippen molar-refractivity contribution in [2.45, 2.75) is 22.6 Å². The van der Waals surface area contributed by atoms with Crippen molar-refractivity contribution in [3.63, 3.8) is 0 Å². The number of ketones is 1. The molecule has 6 nitrogen and oxygen atoms in total. The minimum Gasteiger partial charge on any atom is -0.496 e. The summed E-state index contributed by atoms with van der Waals surface area (Å²) in [7, 11) is -2.79. The molecule has 0 bridgehead atoms. The highest BCUT2D eigenvalue weighted by molar-refractivity contribution is 7.93. The molecular weight excluding hydrogens is 421 g/mol. The lowest BCUT2D eigenvalue weighted by Crippen LogP contribution is -2.67. The molecule has 2 aromatic carbocycles. The van der Waals surface area contributed by atoms with Crippen LogP contribution in [0.1, 0.15) is 12.0 Å². The van der Waals surface area contributed by atoms with Crippen molar-refractivity contribution in [1.29, 1.82) is 0 Å². The number of hydrogen-bond donors (Lipinski definition) is 0. The maximum Gasteiger partial charge on any atom is 0.228 e. The summed E-state index contributed by atoms with van der Waals surface area (Å²) >= 11 is 5.83. The van der Waals surface area contributed by atoms with E-state index in [0.717, 1.165) is 4.90 Å². The Morgan fingerprint density at radius 3 is 2.52 bits per heavy atom. The van der Waals surface area contributed by atoms with Gasteiger partial charge in [-0.3, -0.25) is 9.59 Å². The predicted octanol–water partition coefficient (Wildman–Crippen LogP) is 2.63. The van der Waals surface area contributed by atoms with Crippen LogP contribution in [0.5, 0.6) is 5.75 Å². The Bertz CT molecular complexity index is 1120. The number of ether oxygens (including phenoxy) is 1. The Labute approximate surface area is 172 Å². The maximum absolute atomic E-state index is 14.3. The van der Waals surface area contributed by atoms with Gasteiger partial charge in [0, 0.05) is 23.0 Å². The summed E-state index contributed by atoms with van der Waals surface area (Å²) in [4.78, 5) is 24.5. The van der Waals surface area contributed by atoms with E-state index < -0.39 is 44.6 Å². The molecule has 2 aliphatic rings. The number of carbonyl (C=O) groups excluding carboxylic acids is 2. The summed E-state index contributed by atoms with van der Waals surface area (Å²) in [5, 5.41) is 0.352. The maximum atomic E-state index is 14.3. The van der Waals surface area contributed by atoms with Gasteiger partial charge in [0.05, 0.1) is 18.4 Å². The molecule has 2 aromatic rings. The van der Waals surface area contributed by atoms with Gasteiger partial charge in [-0.1, -0.05) is 17.7 Å². The minimum absolute atomic E-state index is 0.0592. The van der Waals surface area contributed by atoms with Crippen molar-refractivity contribution in [3.05, 3.63) is 58.9 Å². The number of rotatable bonds is 5. The molecule has 2 saturated heterocycles. The average Bonchev–Trinajstić information content (AvgIpc) is 2.92. The van der Waals surface area contributed by atoms with Crippen LogP contribution in [0.25, 0.3) is 0 Å². The molecule has 2 fully saturated rings. The first-order valence-corrected chi connectivity index (χ1v) is 10.7. The lowest BCUT2D eigenvalue weighted by molar-refractivity contribution is -0.150. The SMILES string of the molecule is COc1cccc(F)c1CC1CN2C(=O)CC2(S(=O)(=O)c2ccc(Cl)cc2)C1=O. The molecule has 0 radical (unpaired) electrons. The van der Waals surface area contributed by atoms with Gasteiger partial charge in [0.25, 0.3) is 0 Å². The summed E-state index contributed by atoms with van der Waals surface area (Å²) in [6.45, 7) is -0.0814. The molecule has 2 atom stereocenters. The Kier molecular flexibility index (Phi) is 4.66. The fourth-order valence-corrected chi connectivity index (χ4v) is 6.33. The largest absolute Gasteiger partial charge is 0.496 e. The second kappa shape index (κ2) is 6.81. The Morgan fingerprint density at radius 2 is 1.90 bits per heavy atom. The lowest BCUT2D eigenvalue weighted by Gasteiger charge is -2.44. The number of benzene rings is 2. The van der Waals surface area contributed by atoms with Crippen molar-refractivity contribution in [2.24, 2.45) is 5.92 Å². The molecular formula is C20H17ClFNO5S. The molecule has 1 amide bonds. The number of halogens is 2. The van der Waals surface area contributed by atoms with E-state index in [4.69, 9.17) is 16.3 Å². The van der Waals surface area contributed by atoms with E-state index in [1.54, 1.807) is 6.07 Å². The Morgan fingerprint density at radius 1 is 1.21 bits per heavy atom. The summed E-state index contributed by atoms with van der Waals surface area (Å²) in [5.74, 6) is -2.15. The van der Waals surface area contributed by atoms with Gasteiger partial charge in [-0.15, -0.1) is 0 Å². The van der Waals surface area contributed by atoms with Gasteiger partial charge in [-0.25, -0.2) is 12.8 Å². The second-order valence-electron chi connectivity index (χ2n) is 7.11. The van der Waals surface area contributed by atoms with Crippen LogP contribution in [0.15, 0.2) is 47.4 Å². The van der Waals surface area contributed by atoms with Crippen molar-refractivity contribution >= 4 is 33.1 Å². The van der Waals surface area contributed by atoms with Crippen LogP contribution < -0.4 is 4.74 Å². The van der Waals surface area contributed by atoms with Gasteiger partial charge in [0.15, 0.2) is 5.78 Å². The number of fused-ring (bicyclic) bond motifs is 1. The second-order valence-corrected chi connectivity index (χ2v) is 9.70. The van der Waals surface area contributed by atoms with E-state index in [1.165, 1.54) is 43.5 Å². The van der Waals surface area contributed by atoms with Crippen LogP contribution in [-0.4, -0.2) is 43.5 Å². The zero-order valence-electron chi connectivity index (χ0n) is 15.4. The number of Topliss-reactive ketones (excluding diaryl/α,β-unsaturated/α-hetero) is 1. The number of β-lactam (4-membered cyclic amide) rings is 1. The molecule has 4 rings (SSSR count). The monoisotopic (exact) mass is 437 g/mol. The van der Waals surface area contributed by atoms with E-state index in [-0.39, 0.29) is 29.2 Å². The van der Waals surface area contributed by atoms with Gasteiger partial charge >= 0.3 is 0 Å². The van der Waals surface area contributed by atoms with Crippen LogP contribution in [-0.2, 0) is 25.8 Å². The average molecular weight is 438 g/mol. The van der Waals surface area contributed by atoms with Crippen molar-refractivity contribution in [1.82, 2.24) is 4.90 Å². The van der Waals surface area contributed by atoms with Gasteiger partial charge in [-0.05, 0) is 42.8 Å². The fraction of sp³-hybridized carbons (Fsp3) is 0.300. The van der Waals surface area contributed by atoms with E-state index >= 15 is 0 Å². The molecule has 29 heavy (non-hydrogen) atoms. The van der Waals surface area contributed by atoms with Crippen molar-refractivity contribution < 1.29 is 27.1 Å². The summed E-state index contributed by atoms with van der Waals surface area (Å²) in [5.41, 5.74) is 0.183. The molecule has 0 saturated carbocycles. The third-order valence-corrected chi connectivity index (χ3v) is 8.20. The quantitative estimate of drug-likeness (QED) is 0.672. The number of amides is 1. The molecule has 0 N–H and O–H groups in total. The zero-order chi connectivity index (χ0) is 21.0. The van der Waals surface area contributed by atoms with E-state index in [0.29, 0.717) is 5.02 Å². The van der Waals surface area contributed by atoms with Gasteiger partial charge in [0.2, 0.25) is 20.6 Å². The first-order valence-electron chi connectivity index (χ1n) is 8.88. The van der Waals surface area contributed by atoms with Gasteiger partial charge in [-0.2, -0.15) is 0 Å². The van der Waals surface area contributed by atoms with E-state index in [9.17, 15) is 22.4 Å². The van der Waals surface area contributed by atoms with Crippen LogP contribution in [0.3, 0.4) is 0 Å². The fourth-order valence-electron chi connectivity index (χ4n) is 4.11. The molecule has 2 aliphatic heterocycles. The first kappa shape index (κ1) is 19.8. The highest BCUT2D eigenvalue weighted by Crippen LogP contribution is 2.49. The van der Waals surface area contributed by atoms with Crippen LogP contribution in [0.4, 0.5) is 4.39 Å². The molecule has 9 heteroatoms. The van der Waals surface area contributed by atoms with Gasteiger partial charge < -0.3 is 9.64 Å². The van der Waals surface area contributed by atoms with Crippen LogP contribution in [0.2, 0.25) is 5.02 Å². The Hall–Kier alpha value is -2.45. The highest BCUT2D eigenvalue weighted by Gasteiger charge is 2.70. The van der Waals surface area contributed by atoms with Crippen LogP contribution >= 0.6 is 11.6 Å². The minimum atomic E-state index is -4.18.